The monoisotopic (exact) mass is 488 g/mol. The van der Waals surface area contributed by atoms with Crippen LogP contribution >= 0.6 is 11.3 Å². The summed E-state index contributed by atoms with van der Waals surface area (Å²) in [5, 5.41) is 8.84. The Hall–Kier alpha value is -3.78. The summed E-state index contributed by atoms with van der Waals surface area (Å²) in [5.41, 5.74) is 5.02. The number of carbonyl (C=O) groups excluding carboxylic acids is 2. The van der Waals surface area contributed by atoms with Crippen LogP contribution in [0, 0.1) is 19.7 Å². The number of rotatable bonds is 7. The van der Waals surface area contributed by atoms with E-state index in [0.717, 1.165) is 32.3 Å². The van der Waals surface area contributed by atoms with Crippen molar-refractivity contribution in [2.45, 2.75) is 26.3 Å². The second kappa shape index (κ2) is 9.11. The van der Waals surface area contributed by atoms with Crippen LogP contribution in [-0.4, -0.2) is 39.1 Å². The quantitative estimate of drug-likeness (QED) is 0.362. The molecule has 5 rings (SSSR count). The van der Waals surface area contributed by atoms with Gasteiger partial charge in [0.2, 0.25) is 0 Å². The van der Waals surface area contributed by atoms with Gasteiger partial charge in [0.05, 0.1) is 28.0 Å². The number of fused-ring (bicyclic) bond motifs is 1. The summed E-state index contributed by atoms with van der Waals surface area (Å²) in [4.78, 5) is 28.4. The zero-order chi connectivity index (χ0) is 24.7. The molecule has 0 aliphatic carbocycles. The van der Waals surface area contributed by atoms with Crippen molar-refractivity contribution >= 4 is 28.2 Å². The number of nitrogens with zero attached hydrogens (tertiary/aromatic N) is 3. The molecule has 1 N–H and O–H groups in total. The molecular weight excluding hydrogens is 463 g/mol. The maximum Gasteiger partial charge on any atom is 0.261 e. The number of halogens is 1. The third-order valence-electron chi connectivity index (χ3n) is 6.32. The number of hydrogen-bond donors (Lipinski definition) is 1. The Morgan fingerprint density at radius 3 is 2.26 bits per heavy atom. The van der Waals surface area contributed by atoms with E-state index in [-0.39, 0.29) is 30.2 Å². The van der Waals surface area contributed by atoms with E-state index in [0.29, 0.717) is 17.5 Å². The first-order chi connectivity index (χ1) is 16.8. The molecule has 2 aromatic heterocycles. The standard InChI is InChI=1S/C27H25FN4O2S/c1-16-14-29-31(3)25(16)23-13-24(35-17(23)2)30-20(12-18-8-10-19(28)11-9-18)15-32-26(33)21-6-4-5-7-22(21)27(32)34/h4-11,13-14,20,30H,12,15H2,1-3H3/t20-/m0/s1. The summed E-state index contributed by atoms with van der Waals surface area (Å²) in [6, 6.07) is 15.0. The smallest absolute Gasteiger partial charge is 0.261 e. The van der Waals surface area contributed by atoms with Crippen LogP contribution in [0.4, 0.5) is 9.39 Å². The molecule has 0 unspecified atom stereocenters. The van der Waals surface area contributed by atoms with Crippen LogP contribution < -0.4 is 5.32 Å². The molecule has 3 heterocycles. The van der Waals surface area contributed by atoms with Crippen molar-refractivity contribution in [2.24, 2.45) is 7.05 Å². The molecule has 8 heteroatoms. The van der Waals surface area contributed by atoms with Crippen LogP contribution in [0.5, 0.6) is 0 Å². The van der Waals surface area contributed by atoms with Gasteiger partial charge in [0, 0.05) is 30.1 Å². The number of nitrogens with one attached hydrogen (secondary N) is 1. The lowest BCUT2D eigenvalue weighted by atomic mass is 10.0. The predicted octanol–water partition coefficient (Wildman–Crippen LogP) is 5.22. The van der Waals surface area contributed by atoms with E-state index in [4.69, 9.17) is 0 Å². The highest BCUT2D eigenvalue weighted by molar-refractivity contribution is 7.16. The van der Waals surface area contributed by atoms with Crippen LogP contribution in [0.15, 0.2) is 60.8 Å². The summed E-state index contributed by atoms with van der Waals surface area (Å²) in [6.45, 7) is 4.30. The molecular formula is C27H25FN4O2S. The first-order valence-corrected chi connectivity index (χ1v) is 12.2. The Morgan fingerprint density at radius 2 is 1.66 bits per heavy atom. The number of aryl methyl sites for hydroxylation is 3. The number of aromatic nitrogens is 2. The molecule has 0 saturated heterocycles. The Bertz CT molecular complexity index is 1370. The number of imide groups is 1. The van der Waals surface area contributed by atoms with Gasteiger partial charge in [-0.15, -0.1) is 11.3 Å². The largest absolute Gasteiger partial charge is 0.372 e. The van der Waals surface area contributed by atoms with Gasteiger partial charge in [-0.1, -0.05) is 24.3 Å². The fourth-order valence-corrected chi connectivity index (χ4v) is 5.61. The van der Waals surface area contributed by atoms with Gasteiger partial charge in [-0.25, -0.2) is 4.39 Å². The third kappa shape index (κ3) is 4.37. The average Bonchev–Trinajstić information content (AvgIpc) is 3.44. The van der Waals surface area contributed by atoms with Crippen LogP contribution in [0.2, 0.25) is 0 Å². The molecule has 35 heavy (non-hydrogen) atoms. The molecule has 1 atom stereocenters. The van der Waals surface area contributed by atoms with Crippen molar-refractivity contribution in [2.75, 3.05) is 11.9 Å². The highest BCUT2D eigenvalue weighted by Gasteiger charge is 2.36. The number of anilines is 1. The molecule has 0 radical (unpaired) electrons. The average molecular weight is 489 g/mol. The van der Waals surface area contributed by atoms with Gasteiger partial charge in [0.15, 0.2) is 0 Å². The minimum Gasteiger partial charge on any atom is -0.372 e. The van der Waals surface area contributed by atoms with Crippen molar-refractivity contribution in [1.29, 1.82) is 0 Å². The van der Waals surface area contributed by atoms with Gasteiger partial charge < -0.3 is 5.32 Å². The van der Waals surface area contributed by atoms with E-state index < -0.39 is 0 Å². The van der Waals surface area contributed by atoms with Crippen LogP contribution in [0.1, 0.15) is 36.7 Å². The molecule has 1 aliphatic rings. The minimum absolute atomic E-state index is 0.195. The summed E-state index contributed by atoms with van der Waals surface area (Å²) in [6.07, 6.45) is 2.36. The molecule has 2 aromatic carbocycles. The van der Waals surface area contributed by atoms with E-state index in [1.807, 2.05) is 24.9 Å². The Morgan fingerprint density at radius 1 is 1.00 bits per heavy atom. The first kappa shape index (κ1) is 23.0. The SMILES string of the molecule is Cc1cnn(C)c1-c1cc(N[C@@H](Cc2ccc(F)cc2)CN2C(=O)c3ccccc3C2=O)sc1C. The topological polar surface area (TPSA) is 67.2 Å². The molecule has 0 spiro atoms. The number of carbonyl (C=O) groups is 2. The Balaban J connectivity index is 1.44. The van der Waals surface area contributed by atoms with E-state index in [1.165, 1.54) is 17.0 Å². The van der Waals surface area contributed by atoms with Gasteiger partial charge in [0.1, 0.15) is 5.82 Å². The van der Waals surface area contributed by atoms with Crippen molar-refractivity contribution in [3.8, 4) is 11.3 Å². The van der Waals surface area contributed by atoms with Crippen molar-refractivity contribution in [1.82, 2.24) is 14.7 Å². The Labute approximate surface area is 207 Å². The van der Waals surface area contributed by atoms with Crippen LogP contribution in [0.25, 0.3) is 11.3 Å². The summed E-state index contributed by atoms with van der Waals surface area (Å²) >= 11 is 1.62. The maximum atomic E-state index is 13.5. The lowest BCUT2D eigenvalue weighted by molar-refractivity contribution is 0.0647. The molecule has 6 nitrogen and oxygen atoms in total. The van der Waals surface area contributed by atoms with E-state index >= 15 is 0 Å². The number of hydrogen-bond acceptors (Lipinski definition) is 5. The zero-order valence-corrected chi connectivity index (χ0v) is 20.5. The molecule has 2 amide bonds. The zero-order valence-electron chi connectivity index (χ0n) is 19.7. The van der Waals surface area contributed by atoms with Crippen LogP contribution in [0.3, 0.4) is 0 Å². The van der Waals surface area contributed by atoms with Gasteiger partial charge >= 0.3 is 0 Å². The molecule has 0 bridgehead atoms. The molecule has 178 valence electrons. The van der Waals surface area contributed by atoms with E-state index in [2.05, 4.69) is 23.4 Å². The number of amides is 2. The summed E-state index contributed by atoms with van der Waals surface area (Å²) in [7, 11) is 1.92. The van der Waals surface area contributed by atoms with Gasteiger partial charge in [-0.05, 0) is 61.7 Å². The molecule has 1 aliphatic heterocycles. The Kier molecular flexibility index (Phi) is 5.98. The fourth-order valence-electron chi connectivity index (χ4n) is 4.62. The van der Waals surface area contributed by atoms with E-state index in [1.54, 1.807) is 47.7 Å². The lowest BCUT2D eigenvalue weighted by Crippen LogP contribution is -2.41. The summed E-state index contributed by atoms with van der Waals surface area (Å²) < 4.78 is 15.3. The molecule has 0 fully saturated rings. The van der Waals surface area contributed by atoms with Gasteiger partial charge in [-0.3, -0.25) is 19.2 Å². The maximum absolute atomic E-state index is 13.5. The van der Waals surface area contributed by atoms with Gasteiger partial charge in [-0.2, -0.15) is 5.10 Å². The second-order valence-electron chi connectivity index (χ2n) is 8.82. The lowest BCUT2D eigenvalue weighted by Gasteiger charge is -2.24. The molecule has 0 saturated carbocycles. The normalized spacial score (nSPS) is 13.9. The first-order valence-electron chi connectivity index (χ1n) is 11.4. The van der Waals surface area contributed by atoms with Crippen molar-refractivity contribution < 1.29 is 14.0 Å². The van der Waals surface area contributed by atoms with Crippen molar-refractivity contribution in [3.63, 3.8) is 0 Å². The number of benzene rings is 2. The van der Waals surface area contributed by atoms with Gasteiger partial charge in [0.25, 0.3) is 11.8 Å². The predicted molar refractivity (Wildman–Crippen MR) is 135 cm³/mol. The second-order valence-corrected chi connectivity index (χ2v) is 10.1. The molecule has 4 aromatic rings. The highest BCUT2D eigenvalue weighted by atomic mass is 32.1. The third-order valence-corrected chi connectivity index (χ3v) is 7.30. The highest BCUT2D eigenvalue weighted by Crippen LogP contribution is 2.36. The number of thiophene rings is 1. The van der Waals surface area contributed by atoms with E-state index in [9.17, 15) is 14.0 Å². The minimum atomic E-state index is -0.302. The van der Waals surface area contributed by atoms with Crippen LogP contribution in [-0.2, 0) is 13.5 Å². The summed E-state index contributed by atoms with van der Waals surface area (Å²) in [5.74, 6) is -0.876. The fraction of sp³-hybridized carbons (Fsp3) is 0.222. The van der Waals surface area contributed by atoms with Crippen molar-refractivity contribution in [3.05, 3.63) is 93.7 Å².